The molecule has 0 atom stereocenters. The minimum Gasteiger partial charge on any atom is -0.355 e. The maximum absolute atomic E-state index is 13.2. The van der Waals surface area contributed by atoms with Gasteiger partial charge in [-0.15, -0.1) is 6.58 Å². The average molecular weight is 348 g/mol. The molecule has 1 heterocycles. The van der Waals surface area contributed by atoms with Crippen molar-refractivity contribution in [2.45, 2.75) is 19.8 Å². The number of allylic oxidation sites excluding steroid dienone is 1. The van der Waals surface area contributed by atoms with Crippen molar-refractivity contribution in [1.29, 1.82) is 0 Å². The minimum absolute atomic E-state index is 0.160. The van der Waals surface area contributed by atoms with Crippen molar-refractivity contribution < 1.29 is 14.4 Å². The van der Waals surface area contributed by atoms with E-state index < -0.39 is 11.8 Å². The van der Waals surface area contributed by atoms with E-state index in [2.05, 4.69) is 11.9 Å². The van der Waals surface area contributed by atoms with Gasteiger partial charge in [0, 0.05) is 7.05 Å². The number of nitrogens with zero attached hydrogens (tertiary/aromatic N) is 1. The Bertz CT molecular complexity index is 931. The number of benzene rings is 2. The van der Waals surface area contributed by atoms with Gasteiger partial charge in [-0.2, -0.15) is 0 Å². The number of hydrogen-bond acceptors (Lipinski definition) is 3. The molecule has 0 spiro atoms. The Morgan fingerprint density at radius 2 is 1.81 bits per heavy atom. The number of anilines is 1. The van der Waals surface area contributed by atoms with Crippen molar-refractivity contribution in [3.05, 3.63) is 76.9 Å². The van der Waals surface area contributed by atoms with Gasteiger partial charge >= 0.3 is 0 Å². The summed E-state index contributed by atoms with van der Waals surface area (Å²) >= 11 is 0. The molecular formula is C21H20N2O3. The molecule has 0 aliphatic carbocycles. The summed E-state index contributed by atoms with van der Waals surface area (Å²) in [6.07, 6.45) is 2.96. The van der Waals surface area contributed by atoms with E-state index in [1.165, 1.54) is 11.9 Å². The van der Waals surface area contributed by atoms with Crippen molar-refractivity contribution in [1.82, 2.24) is 5.32 Å². The highest BCUT2D eigenvalue weighted by Crippen LogP contribution is 2.35. The van der Waals surface area contributed by atoms with Crippen LogP contribution in [0.4, 0.5) is 5.69 Å². The molecule has 26 heavy (non-hydrogen) atoms. The third-order valence-electron chi connectivity index (χ3n) is 4.56. The fourth-order valence-corrected chi connectivity index (χ4v) is 3.35. The summed E-state index contributed by atoms with van der Waals surface area (Å²) in [5, 5.41) is 2.52. The Morgan fingerprint density at radius 1 is 1.12 bits per heavy atom. The third kappa shape index (κ3) is 2.62. The monoisotopic (exact) mass is 348 g/mol. The minimum atomic E-state index is -0.463. The quantitative estimate of drug-likeness (QED) is 0.667. The predicted octanol–water partition coefficient (Wildman–Crippen LogP) is 3.14. The Kier molecular flexibility index (Phi) is 4.71. The molecular weight excluding hydrogens is 328 g/mol. The molecule has 0 radical (unpaired) electrons. The zero-order valence-electron chi connectivity index (χ0n) is 14.8. The Morgan fingerprint density at radius 3 is 2.46 bits per heavy atom. The maximum Gasteiger partial charge on any atom is 0.266 e. The standard InChI is InChI=1S/C21H20N2O3/c1-4-8-14-10-6-9-13(5-2)18(14)23-20(25)16-12-7-11-15(19(24)22-3)17(16)21(23)26/h4,6-7,9-12H,1,5,8H2,2-3H3,(H,22,24). The van der Waals surface area contributed by atoms with Crippen LogP contribution < -0.4 is 10.2 Å². The van der Waals surface area contributed by atoms with E-state index in [0.29, 0.717) is 18.5 Å². The number of nitrogens with one attached hydrogen (secondary N) is 1. The number of hydrogen-bond donors (Lipinski definition) is 1. The van der Waals surface area contributed by atoms with Gasteiger partial charge in [0.15, 0.2) is 0 Å². The van der Waals surface area contributed by atoms with Gasteiger partial charge in [0.25, 0.3) is 17.7 Å². The lowest BCUT2D eigenvalue weighted by atomic mass is 10.0. The van der Waals surface area contributed by atoms with Crippen LogP contribution in [0.2, 0.25) is 0 Å². The molecule has 0 fully saturated rings. The smallest absolute Gasteiger partial charge is 0.266 e. The third-order valence-corrected chi connectivity index (χ3v) is 4.56. The molecule has 132 valence electrons. The summed E-state index contributed by atoms with van der Waals surface area (Å²) in [6.45, 7) is 5.74. The van der Waals surface area contributed by atoms with E-state index in [0.717, 1.165) is 11.1 Å². The molecule has 5 nitrogen and oxygen atoms in total. The summed E-state index contributed by atoms with van der Waals surface area (Å²) in [7, 11) is 1.50. The Labute approximate surface area is 152 Å². The number of carbonyl (C=O) groups excluding carboxylic acids is 3. The van der Waals surface area contributed by atoms with Gasteiger partial charge < -0.3 is 5.32 Å². The van der Waals surface area contributed by atoms with Crippen LogP contribution in [0.15, 0.2) is 49.1 Å². The van der Waals surface area contributed by atoms with Crippen LogP contribution in [0.5, 0.6) is 0 Å². The molecule has 0 unspecified atom stereocenters. The molecule has 2 aromatic rings. The molecule has 0 saturated carbocycles. The summed E-state index contributed by atoms with van der Waals surface area (Å²) < 4.78 is 0. The molecule has 1 aliphatic heterocycles. The van der Waals surface area contributed by atoms with Crippen LogP contribution in [0.3, 0.4) is 0 Å². The molecule has 3 amide bonds. The van der Waals surface area contributed by atoms with E-state index in [1.807, 2.05) is 25.1 Å². The molecule has 1 N–H and O–H groups in total. The van der Waals surface area contributed by atoms with Gasteiger partial charge in [-0.3, -0.25) is 14.4 Å². The van der Waals surface area contributed by atoms with Crippen LogP contribution in [0, 0.1) is 0 Å². The van der Waals surface area contributed by atoms with Gasteiger partial charge in [0.2, 0.25) is 0 Å². The second-order valence-corrected chi connectivity index (χ2v) is 6.02. The molecule has 0 aromatic heterocycles. The van der Waals surface area contributed by atoms with E-state index in [4.69, 9.17) is 0 Å². The fraction of sp³-hybridized carbons (Fsp3) is 0.190. The van der Waals surface area contributed by atoms with E-state index in [-0.39, 0.29) is 22.6 Å². The first-order chi connectivity index (χ1) is 12.5. The van der Waals surface area contributed by atoms with Gasteiger partial charge in [0.1, 0.15) is 0 Å². The molecule has 2 aromatic carbocycles. The lowest BCUT2D eigenvalue weighted by Gasteiger charge is -2.21. The van der Waals surface area contributed by atoms with Crippen LogP contribution in [-0.4, -0.2) is 24.8 Å². The van der Waals surface area contributed by atoms with Gasteiger partial charge in [-0.05, 0) is 36.1 Å². The first kappa shape index (κ1) is 17.6. The van der Waals surface area contributed by atoms with Crippen LogP contribution in [0.1, 0.15) is 49.1 Å². The van der Waals surface area contributed by atoms with Crippen LogP contribution in [0.25, 0.3) is 0 Å². The summed E-state index contributed by atoms with van der Waals surface area (Å²) in [5.41, 5.74) is 2.99. The average Bonchev–Trinajstić information content (AvgIpc) is 2.92. The Balaban J connectivity index is 2.21. The number of fused-ring (bicyclic) bond motifs is 1. The number of aryl methyl sites for hydroxylation is 1. The number of carbonyl (C=O) groups is 3. The highest BCUT2D eigenvalue weighted by atomic mass is 16.2. The van der Waals surface area contributed by atoms with Crippen molar-refractivity contribution in [3.63, 3.8) is 0 Å². The Hall–Kier alpha value is -3.21. The summed E-state index contributed by atoms with van der Waals surface area (Å²) in [6, 6.07) is 10.5. The largest absolute Gasteiger partial charge is 0.355 e. The highest BCUT2D eigenvalue weighted by Gasteiger charge is 2.40. The number of para-hydroxylation sites is 1. The maximum atomic E-state index is 13.2. The molecule has 0 bridgehead atoms. The highest BCUT2D eigenvalue weighted by molar-refractivity contribution is 6.36. The lowest BCUT2D eigenvalue weighted by Crippen LogP contribution is -2.32. The second-order valence-electron chi connectivity index (χ2n) is 6.02. The van der Waals surface area contributed by atoms with E-state index in [1.54, 1.807) is 24.3 Å². The number of rotatable bonds is 5. The van der Waals surface area contributed by atoms with Gasteiger partial charge in [0.05, 0.1) is 22.4 Å². The first-order valence-corrected chi connectivity index (χ1v) is 8.50. The van der Waals surface area contributed by atoms with Gasteiger partial charge in [-0.1, -0.05) is 37.3 Å². The zero-order valence-corrected chi connectivity index (χ0v) is 14.8. The van der Waals surface area contributed by atoms with Gasteiger partial charge in [-0.25, -0.2) is 4.90 Å². The number of imide groups is 1. The topological polar surface area (TPSA) is 66.5 Å². The summed E-state index contributed by atoms with van der Waals surface area (Å²) in [5.74, 6) is -1.25. The zero-order chi connectivity index (χ0) is 18.8. The van der Waals surface area contributed by atoms with E-state index >= 15 is 0 Å². The van der Waals surface area contributed by atoms with E-state index in [9.17, 15) is 14.4 Å². The SMILES string of the molecule is C=CCc1cccc(CC)c1N1C(=O)c2cccc(C(=O)NC)c2C1=O. The van der Waals surface area contributed by atoms with Crippen molar-refractivity contribution >= 4 is 23.4 Å². The first-order valence-electron chi connectivity index (χ1n) is 8.50. The van der Waals surface area contributed by atoms with Crippen molar-refractivity contribution in [2.24, 2.45) is 0 Å². The van der Waals surface area contributed by atoms with Crippen LogP contribution >= 0.6 is 0 Å². The second kappa shape index (κ2) is 6.96. The molecule has 0 saturated heterocycles. The molecule has 1 aliphatic rings. The fourth-order valence-electron chi connectivity index (χ4n) is 3.35. The molecule has 3 rings (SSSR count). The normalized spacial score (nSPS) is 12.9. The lowest BCUT2D eigenvalue weighted by molar-refractivity contribution is 0.0912. The van der Waals surface area contributed by atoms with Crippen molar-refractivity contribution in [3.8, 4) is 0 Å². The summed E-state index contributed by atoms with van der Waals surface area (Å²) in [4.78, 5) is 39.6. The molecule has 5 heteroatoms. The van der Waals surface area contributed by atoms with Crippen LogP contribution in [-0.2, 0) is 12.8 Å². The number of amides is 3. The van der Waals surface area contributed by atoms with Crippen molar-refractivity contribution in [2.75, 3.05) is 11.9 Å². The predicted molar refractivity (Wildman–Crippen MR) is 101 cm³/mol.